The number of aromatic nitrogens is 2. The molecule has 1 amide bonds. The molecule has 1 fully saturated rings. The minimum atomic E-state index is -0.217. The molecule has 0 unspecified atom stereocenters. The normalized spacial score (nSPS) is 15.3. The summed E-state index contributed by atoms with van der Waals surface area (Å²) in [5, 5.41) is 0. The first kappa shape index (κ1) is 21.3. The third-order valence-corrected chi connectivity index (χ3v) is 6.53. The lowest BCUT2D eigenvalue weighted by Gasteiger charge is -2.21. The number of thioether (sulfide) groups is 1. The van der Waals surface area contributed by atoms with Crippen LogP contribution >= 0.6 is 24.0 Å². The van der Waals surface area contributed by atoms with E-state index in [1.165, 1.54) is 21.1 Å². The highest BCUT2D eigenvalue weighted by molar-refractivity contribution is 8.26. The van der Waals surface area contributed by atoms with Gasteiger partial charge in [-0.1, -0.05) is 60.4 Å². The van der Waals surface area contributed by atoms with Gasteiger partial charge in [0.25, 0.3) is 11.5 Å². The van der Waals surface area contributed by atoms with Gasteiger partial charge in [-0.15, -0.1) is 0 Å². The molecule has 0 radical (unpaired) electrons. The molecule has 1 aliphatic rings. The van der Waals surface area contributed by atoms with Crippen molar-refractivity contribution in [1.29, 1.82) is 0 Å². The number of hydrogen-bond donors (Lipinski definition) is 0. The van der Waals surface area contributed by atoms with Crippen molar-refractivity contribution < 1.29 is 4.79 Å². The largest absolute Gasteiger partial charge is 0.355 e. The van der Waals surface area contributed by atoms with Gasteiger partial charge in [-0.25, -0.2) is 4.98 Å². The minimum Gasteiger partial charge on any atom is -0.355 e. The van der Waals surface area contributed by atoms with Gasteiger partial charge in [-0.2, -0.15) is 0 Å². The van der Waals surface area contributed by atoms with Crippen LogP contribution < -0.4 is 10.5 Å². The Kier molecular flexibility index (Phi) is 5.93. The van der Waals surface area contributed by atoms with E-state index in [0.717, 1.165) is 11.1 Å². The molecule has 3 heterocycles. The number of carbonyl (C=O) groups excluding carboxylic acids is 1. The van der Waals surface area contributed by atoms with Crippen LogP contribution in [0.4, 0.5) is 5.82 Å². The second kappa shape index (κ2) is 8.64. The Morgan fingerprint density at radius 2 is 1.90 bits per heavy atom. The van der Waals surface area contributed by atoms with Crippen LogP contribution in [0.5, 0.6) is 0 Å². The summed E-state index contributed by atoms with van der Waals surface area (Å²) in [6, 6.07) is 13.7. The summed E-state index contributed by atoms with van der Waals surface area (Å²) in [4.78, 5) is 35.0. The number of carbonyl (C=O) groups is 1. The van der Waals surface area contributed by atoms with Crippen LogP contribution in [0.3, 0.4) is 0 Å². The summed E-state index contributed by atoms with van der Waals surface area (Å²) in [5.74, 6) is 0.354. The second-order valence-corrected chi connectivity index (χ2v) is 8.98. The molecule has 158 valence electrons. The molecule has 0 spiro atoms. The first-order chi connectivity index (χ1) is 14.9. The van der Waals surface area contributed by atoms with Crippen molar-refractivity contribution in [3.8, 4) is 0 Å². The number of thiocarbonyl (C=S) groups is 1. The third-order valence-electron chi connectivity index (χ3n) is 5.15. The van der Waals surface area contributed by atoms with Crippen molar-refractivity contribution in [3.63, 3.8) is 0 Å². The predicted molar refractivity (Wildman–Crippen MR) is 130 cm³/mol. The fourth-order valence-electron chi connectivity index (χ4n) is 3.55. The van der Waals surface area contributed by atoms with Crippen LogP contribution in [0, 0.1) is 6.92 Å². The van der Waals surface area contributed by atoms with Gasteiger partial charge in [0.2, 0.25) is 0 Å². The molecule has 2 aromatic heterocycles. The second-order valence-electron chi connectivity index (χ2n) is 7.31. The van der Waals surface area contributed by atoms with Gasteiger partial charge >= 0.3 is 0 Å². The molecular formula is C23H22N4O2S2. The molecular weight excluding hydrogens is 428 g/mol. The van der Waals surface area contributed by atoms with Gasteiger partial charge in [-0.05, 0) is 37.1 Å². The molecule has 0 saturated carbocycles. The molecule has 0 bridgehead atoms. The predicted octanol–water partition coefficient (Wildman–Crippen LogP) is 3.86. The van der Waals surface area contributed by atoms with Crippen molar-refractivity contribution in [2.75, 3.05) is 18.5 Å². The van der Waals surface area contributed by atoms with E-state index < -0.39 is 0 Å². The maximum atomic E-state index is 13.5. The average Bonchev–Trinajstić information content (AvgIpc) is 3.03. The number of amides is 1. The van der Waals surface area contributed by atoms with Crippen LogP contribution in [-0.2, 0) is 11.3 Å². The van der Waals surface area contributed by atoms with Crippen molar-refractivity contribution in [2.45, 2.75) is 20.4 Å². The number of pyridine rings is 1. The van der Waals surface area contributed by atoms with E-state index in [2.05, 4.69) is 0 Å². The maximum absolute atomic E-state index is 13.5. The molecule has 4 rings (SSSR count). The maximum Gasteiger partial charge on any atom is 0.267 e. The number of anilines is 1. The van der Waals surface area contributed by atoms with E-state index in [1.807, 2.05) is 68.3 Å². The van der Waals surface area contributed by atoms with Crippen LogP contribution in [0.1, 0.15) is 23.6 Å². The first-order valence-corrected chi connectivity index (χ1v) is 11.2. The molecule has 0 atom stereocenters. The van der Waals surface area contributed by atoms with Gasteiger partial charge in [0.05, 0.1) is 10.5 Å². The number of hydrogen-bond acceptors (Lipinski definition) is 6. The third kappa shape index (κ3) is 4.00. The first-order valence-electron chi connectivity index (χ1n) is 9.93. The lowest BCUT2D eigenvalue weighted by atomic mass is 10.2. The highest BCUT2D eigenvalue weighted by Crippen LogP contribution is 2.33. The summed E-state index contributed by atoms with van der Waals surface area (Å²) in [6.45, 7) is 4.87. The van der Waals surface area contributed by atoms with Crippen LogP contribution in [0.2, 0.25) is 0 Å². The van der Waals surface area contributed by atoms with Gasteiger partial charge in [-0.3, -0.25) is 18.9 Å². The molecule has 0 aliphatic carbocycles. The van der Waals surface area contributed by atoms with Crippen molar-refractivity contribution in [2.24, 2.45) is 0 Å². The Morgan fingerprint density at radius 1 is 1.16 bits per heavy atom. The smallest absolute Gasteiger partial charge is 0.267 e. The number of aryl methyl sites for hydroxylation is 1. The SMILES string of the molecule is CCN1C(=O)/C(=C/c2c(N(C)Cc3ccccc3)nc3c(C)cccn3c2=O)SC1=S. The van der Waals surface area contributed by atoms with E-state index in [9.17, 15) is 9.59 Å². The van der Waals surface area contributed by atoms with E-state index >= 15 is 0 Å². The van der Waals surface area contributed by atoms with E-state index in [-0.39, 0.29) is 11.5 Å². The lowest BCUT2D eigenvalue weighted by Crippen LogP contribution is -2.28. The number of benzene rings is 1. The Labute approximate surface area is 190 Å². The summed E-state index contributed by atoms with van der Waals surface area (Å²) in [7, 11) is 1.90. The average molecular weight is 451 g/mol. The Balaban J connectivity index is 1.89. The number of fused-ring (bicyclic) bond motifs is 1. The molecule has 1 saturated heterocycles. The van der Waals surface area contributed by atoms with Crippen molar-refractivity contribution in [3.05, 3.63) is 80.6 Å². The molecule has 1 aliphatic heterocycles. The molecule has 3 aromatic rings. The van der Waals surface area contributed by atoms with Gasteiger partial charge in [0.1, 0.15) is 15.8 Å². The highest BCUT2D eigenvalue weighted by atomic mass is 32.2. The molecule has 0 N–H and O–H groups in total. The van der Waals surface area contributed by atoms with Gasteiger partial charge in [0.15, 0.2) is 0 Å². The fraction of sp³-hybridized carbons (Fsp3) is 0.217. The van der Waals surface area contributed by atoms with Crippen LogP contribution in [-0.4, -0.2) is 38.1 Å². The Bertz CT molecular complexity index is 1270. The van der Waals surface area contributed by atoms with E-state index in [1.54, 1.807) is 12.3 Å². The van der Waals surface area contributed by atoms with Crippen LogP contribution in [0.25, 0.3) is 11.7 Å². The number of nitrogens with zero attached hydrogens (tertiary/aromatic N) is 4. The standard InChI is InChI=1S/C23H22N4O2S2/c1-4-26-22(29)18(31-23(26)30)13-17-20(25(3)14-16-10-6-5-7-11-16)24-19-15(2)9-8-12-27(19)21(17)28/h5-13H,4,14H2,1-3H3/b18-13-. The highest BCUT2D eigenvalue weighted by Gasteiger charge is 2.31. The number of likely N-dealkylation sites (N-methyl/N-ethyl adjacent to an activating group) is 1. The summed E-state index contributed by atoms with van der Waals surface area (Å²) in [6.07, 6.45) is 3.34. The molecule has 8 heteroatoms. The van der Waals surface area contributed by atoms with E-state index in [4.69, 9.17) is 17.2 Å². The zero-order valence-corrected chi connectivity index (χ0v) is 19.2. The van der Waals surface area contributed by atoms with Crippen LogP contribution in [0.15, 0.2) is 58.4 Å². The quantitative estimate of drug-likeness (QED) is 0.435. The zero-order chi connectivity index (χ0) is 22.1. The van der Waals surface area contributed by atoms with E-state index in [0.29, 0.717) is 39.3 Å². The lowest BCUT2D eigenvalue weighted by molar-refractivity contribution is -0.121. The monoisotopic (exact) mass is 450 g/mol. The Hall–Kier alpha value is -2.97. The Morgan fingerprint density at radius 3 is 2.58 bits per heavy atom. The topological polar surface area (TPSA) is 57.9 Å². The summed E-state index contributed by atoms with van der Waals surface area (Å²) in [5.41, 5.74) is 2.75. The zero-order valence-electron chi connectivity index (χ0n) is 17.5. The van der Waals surface area contributed by atoms with Gasteiger partial charge in [0, 0.05) is 26.3 Å². The molecule has 6 nitrogen and oxygen atoms in total. The number of rotatable bonds is 5. The van der Waals surface area contributed by atoms with Gasteiger partial charge < -0.3 is 4.90 Å². The fourth-order valence-corrected chi connectivity index (χ4v) is 4.92. The van der Waals surface area contributed by atoms with Crippen molar-refractivity contribution in [1.82, 2.24) is 14.3 Å². The summed E-state index contributed by atoms with van der Waals surface area (Å²) < 4.78 is 2.03. The minimum absolute atomic E-state index is 0.178. The summed E-state index contributed by atoms with van der Waals surface area (Å²) >= 11 is 6.54. The molecule has 31 heavy (non-hydrogen) atoms. The molecule has 1 aromatic carbocycles. The van der Waals surface area contributed by atoms with Crippen molar-refractivity contribution >= 4 is 51.7 Å².